The van der Waals surface area contributed by atoms with Crippen molar-refractivity contribution >= 4 is 23.7 Å². The molecule has 156 valence electrons. The minimum Gasteiger partial charge on any atom is -0.480 e. The van der Waals surface area contributed by atoms with Crippen LogP contribution in [-0.4, -0.2) is 88.1 Å². The summed E-state index contributed by atoms with van der Waals surface area (Å²) < 4.78 is 15.1. The first-order valence-electron chi connectivity index (χ1n) is 8.54. The molecule has 0 spiro atoms. The summed E-state index contributed by atoms with van der Waals surface area (Å²) in [6.07, 6.45) is -0.0274. The average molecular weight is 391 g/mol. The van der Waals surface area contributed by atoms with E-state index in [9.17, 15) is 19.2 Å². The van der Waals surface area contributed by atoms with Gasteiger partial charge in [0.2, 0.25) is 17.7 Å². The Morgan fingerprint density at radius 2 is 1.56 bits per heavy atom. The minimum atomic E-state index is -1.19. The van der Waals surface area contributed by atoms with Crippen LogP contribution in [0, 0.1) is 0 Å². The van der Waals surface area contributed by atoms with Crippen LogP contribution in [0.15, 0.2) is 0 Å². The highest BCUT2D eigenvalue weighted by Gasteiger charge is 2.19. The van der Waals surface area contributed by atoms with Crippen LogP contribution in [0.5, 0.6) is 0 Å². The summed E-state index contributed by atoms with van der Waals surface area (Å²) in [5.74, 6) is -2.22. The Morgan fingerprint density at radius 3 is 2.19 bits per heavy atom. The molecular weight excluding hydrogens is 362 g/mol. The van der Waals surface area contributed by atoms with Gasteiger partial charge in [-0.1, -0.05) is 0 Å². The van der Waals surface area contributed by atoms with Crippen LogP contribution < -0.4 is 16.0 Å². The Labute approximate surface area is 158 Å². The molecule has 0 radical (unpaired) electrons. The summed E-state index contributed by atoms with van der Waals surface area (Å²) in [7, 11) is 1.54. The largest absolute Gasteiger partial charge is 0.480 e. The Bertz CT molecular complexity index is 473. The van der Waals surface area contributed by atoms with Crippen molar-refractivity contribution in [3.63, 3.8) is 0 Å². The molecule has 0 aromatic heterocycles. The van der Waals surface area contributed by atoms with E-state index < -0.39 is 17.9 Å². The van der Waals surface area contributed by atoms with Gasteiger partial charge in [0.15, 0.2) is 0 Å². The molecule has 1 atom stereocenters. The van der Waals surface area contributed by atoms with Crippen LogP contribution in [0.2, 0.25) is 0 Å². The fourth-order valence-corrected chi connectivity index (χ4v) is 1.86. The van der Waals surface area contributed by atoms with E-state index in [1.165, 1.54) is 6.92 Å². The number of ether oxygens (including phenoxy) is 3. The summed E-state index contributed by atoms with van der Waals surface area (Å²) in [6, 6.07) is -1.09. The van der Waals surface area contributed by atoms with Gasteiger partial charge in [-0.25, -0.2) is 4.79 Å². The number of carbonyl (C=O) groups is 4. The highest BCUT2D eigenvalue weighted by molar-refractivity contribution is 5.83. The number of rotatable bonds is 16. The van der Waals surface area contributed by atoms with Gasteiger partial charge in [-0.15, -0.1) is 0 Å². The maximum absolute atomic E-state index is 11.6. The van der Waals surface area contributed by atoms with Crippen molar-refractivity contribution in [2.75, 3.05) is 53.2 Å². The van der Waals surface area contributed by atoms with Gasteiger partial charge in [-0.2, -0.15) is 0 Å². The Kier molecular flexibility index (Phi) is 14.6. The summed E-state index contributed by atoms with van der Waals surface area (Å²) in [6.45, 7) is 3.02. The van der Waals surface area contributed by atoms with Gasteiger partial charge in [0.05, 0.1) is 26.4 Å². The monoisotopic (exact) mass is 391 g/mol. The molecule has 0 saturated heterocycles. The van der Waals surface area contributed by atoms with Gasteiger partial charge >= 0.3 is 5.97 Å². The molecule has 0 rings (SSSR count). The normalized spacial score (nSPS) is 11.5. The molecule has 11 heteroatoms. The Morgan fingerprint density at radius 1 is 0.926 bits per heavy atom. The van der Waals surface area contributed by atoms with E-state index >= 15 is 0 Å². The quantitative estimate of drug-likeness (QED) is 0.226. The second kappa shape index (κ2) is 16.0. The second-order valence-corrected chi connectivity index (χ2v) is 5.49. The van der Waals surface area contributed by atoms with Crippen LogP contribution >= 0.6 is 0 Å². The van der Waals surface area contributed by atoms with Crippen LogP contribution in [0.3, 0.4) is 0 Å². The molecule has 1 unspecified atom stereocenters. The molecule has 0 aromatic rings. The molecule has 0 fully saturated rings. The molecule has 0 aliphatic carbocycles. The smallest absolute Gasteiger partial charge is 0.326 e. The first-order valence-corrected chi connectivity index (χ1v) is 8.54. The van der Waals surface area contributed by atoms with Crippen LogP contribution in [-0.2, 0) is 33.4 Å². The lowest BCUT2D eigenvalue weighted by atomic mass is 10.1. The predicted octanol–water partition coefficient (Wildman–Crippen LogP) is -1.73. The molecule has 4 N–H and O–H groups in total. The summed E-state index contributed by atoms with van der Waals surface area (Å²) in [5, 5.41) is 16.4. The first kappa shape index (κ1) is 24.8. The first-order chi connectivity index (χ1) is 12.9. The van der Waals surface area contributed by atoms with Crippen molar-refractivity contribution < 1.29 is 38.5 Å². The highest BCUT2D eigenvalue weighted by Crippen LogP contribution is 1.98. The molecule has 11 nitrogen and oxygen atoms in total. The van der Waals surface area contributed by atoms with Crippen LogP contribution in [0.1, 0.15) is 19.8 Å². The molecule has 3 amide bonds. The summed E-state index contributed by atoms with van der Waals surface area (Å²) in [5.41, 5.74) is 0. The lowest BCUT2D eigenvalue weighted by molar-refractivity contribution is -0.141. The van der Waals surface area contributed by atoms with Gasteiger partial charge in [0.1, 0.15) is 12.6 Å². The molecule has 0 aliphatic rings. The van der Waals surface area contributed by atoms with Crippen molar-refractivity contribution in [3.8, 4) is 0 Å². The third-order valence-corrected chi connectivity index (χ3v) is 3.14. The summed E-state index contributed by atoms with van der Waals surface area (Å²) in [4.78, 5) is 44.7. The topological polar surface area (TPSA) is 152 Å². The molecule has 0 heterocycles. The van der Waals surface area contributed by atoms with E-state index in [1.807, 2.05) is 0 Å². The van der Waals surface area contributed by atoms with Gasteiger partial charge in [0.25, 0.3) is 0 Å². The number of hydrogen-bond donors (Lipinski definition) is 4. The maximum Gasteiger partial charge on any atom is 0.326 e. The van der Waals surface area contributed by atoms with E-state index in [0.29, 0.717) is 13.2 Å². The summed E-state index contributed by atoms with van der Waals surface area (Å²) >= 11 is 0. The Hall–Kier alpha value is -2.24. The van der Waals surface area contributed by atoms with E-state index in [-0.39, 0.29) is 57.6 Å². The van der Waals surface area contributed by atoms with Crippen LogP contribution in [0.25, 0.3) is 0 Å². The second-order valence-electron chi connectivity index (χ2n) is 5.49. The zero-order chi connectivity index (χ0) is 20.5. The molecule has 0 saturated carbocycles. The maximum atomic E-state index is 11.6. The number of nitrogens with one attached hydrogen (secondary N) is 3. The molecule has 0 aromatic carbocycles. The van der Waals surface area contributed by atoms with Crippen molar-refractivity contribution in [1.82, 2.24) is 16.0 Å². The average Bonchev–Trinajstić information content (AvgIpc) is 2.60. The molecule has 0 bridgehead atoms. The third-order valence-electron chi connectivity index (χ3n) is 3.14. The molecule has 0 aliphatic heterocycles. The molecule has 27 heavy (non-hydrogen) atoms. The fraction of sp³-hybridized carbons (Fsp3) is 0.750. The fourth-order valence-electron chi connectivity index (χ4n) is 1.86. The van der Waals surface area contributed by atoms with E-state index in [2.05, 4.69) is 16.0 Å². The lowest BCUT2D eigenvalue weighted by Crippen LogP contribution is -2.40. The number of aliphatic carboxylic acids is 1. The van der Waals surface area contributed by atoms with Crippen molar-refractivity contribution in [3.05, 3.63) is 0 Å². The van der Waals surface area contributed by atoms with E-state index in [0.717, 1.165) is 0 Å². The standard InChI is InChI=1S/C16H29N3O8/c1-12(20)19-13(16(23)24)3-4-14(21)17-6-8-26-9-10-27-11-15(22)18-5-7-25-2/h13H,3-11H2,1-2H3,(H,17,21)(H,18,22)(H,19,20)(H,23,24). The van der Waals surface area contributed by atoms with Gasteiger partial charge in [-0.3, -0.25) is 14.4 Å². The number of carboxylic acid groups (broad SMARTS) is 1. The van der Waals surface area contributed by atoms with Crippen molar-refractivity contribution in [2.45, 2.75) is 25.8 Å². The van der Waals surface area contributed by atoms with E-state index in [1.54, 1.807) is 7.11 Å². The van der Waals surface area contributed by atoms with E-state index in [4.69, 9.17) is 19.3 Å². The minimum absolute atomic E-state index is 0.00187. The van der Waals surface area contributed by atoms with Crippen molar-refractivity contribution in [1.29, 1.82) is 0 Å². The van der Waals surface area contributed by atoms with Gasteiger partial charge in [-0.05, 0) is 6.42 Å². The number of carbonyl (C=O) groups excluding carboxylic acids is 3. The van der Waals surface area contributed by atoms with Gasteiger partial charge < -0.3 is 35.3 Å². The number of hydrogen-bond acceptors (Lipinski definition) is 7. The highest BCUT2D eigenvalue weighted by atomic mass is 16.5. The molecular formula is C16H29N3O8. The van der Waals surface area contributed by atoms with Crippen LogP contribution in [0.4, 0.5) is 0 Å². The Balaban J connectivity index is 3.59. The SMILES string of the molecule is COCCNC(=O)COCCOCCNC(=O)CCC(NC(C)=O)C(=O)O. The number of amides is 3. The number of carboxylic acids is 1. The predicted molar refractivity (Wildman–Crippen MR) is 94.0 cm³/mol. The lowest BCUT2D eigenvalue weighted by Gasteiger charge is -2.13. The number of methoxy groups -OCH3 is 1. The van der Waals surface area contributed by atoms with Gasteiger partial charge in [0, 0.05) is 33.5 Å². The third kappa shape index (κ3) is 15.7. The zero-order valence-corrected chi connectivity index (χ0v) is 15.7. The van der Waals surface area contributed by atoms with Crippen molar-refractivity contribution in [2.24, 2.45) is 0 Å². The zero-order valence-electron chi connectivity index (χ0n) is 15.7.